The van der Waals surface area contributed by atoms with Crippen molar-refractivity contribution in [3.8, 4) is 5.75 Å². The molecule has 0 radical (unpaired) electrons. The first-order valence-electron chi connectivity index (χ1n) is 9.01. The van der Waals surface area contributed by atoms with Gasteiger partial charge in [0, 0.05) is 6.54 Å². The number of aromatic nitrogens is 3. The highest BCUT2D eigenvalue weighted by atomic mass is 35.5. The van der Waals surface area contributed by atoms with Crippen LogP contribution in [-0.2, 0) is 11.3 Å². The molecule has 2 aromatic carbocycles. The fourth-order valence-corrected chi connectivity index (χ4v) is 3.58. The number of carbonyl (C=O) groups is 1. The van der Waals surface area contributed by atoms with E-state index in [1.807, 2.05) is 54.0 Å². The second-order valence-corrected chi connectivity index (χ2v) is 7.48. The van der Waals surface area contributed by atoms with Crippen molar-refractivity contribution < 1.29 is 9.53 Å². The van der Waals surface area contributed by atoms with Crippen molar-refractivity contribution in [2.75, 3.05) is 11.1 Å². The summed E-state index contributed by atoms with van der Waals surface area (Å²) in [5, 5.41) is 12.4. The van der Waals surface area contributed by atoms with Crippen molar-refractivity contribution >= 4 is 35.0 Å². The van der Waals surface area contributed by atoms with E-state index in [-0.39, 0.29) is 17.8 Å². The summed E-state index contributed by atoms with van der Waals surface area (Å²) in [6, 6.07) is 16.6. The first-order chi connectivity index (χ1) is 14.1. The fourth-order valence-electron chi connectivity index (χ4n) is 2.64. The Bertz CT molecular complexity index is 978. The van der Waals surface area contributed by atoms with Crippen LogP contribution < -0.4 is 10.1 Å². The largest absolute Gasteiger partial charge is 0.483 e. The summed E-state index contributed by atoms with van der Waals surface area (Å²) in [5.41, 5.74) is 0.581. The molecule has 0 aliphatic carbocycles. The van der Waals surface area contributed by atoms with Gasteiger partial charge in [0.05, 0.1) is 16.5 Å². The van der Waals surface area contributed by atoms with E-state index in [1.54, 1.807) is 18.2 Å². The molecule has 0 unspecified atom stereocenters. The van der Waals surface area contributed by atoms with Gasteiger partial charge in [0.1, 0.15) is 5.75 Å². The van der Waals surface area contributed by atoms with E-state index in [9.17, 15) is 4.79 Å². The molecular weight excluding hydrogens is 408 g/mol. The van der Waals surface area contributed by atoms with Crippen LogP contribution in [0.15, 0.2) is 72.4 Å². The lowest BCUT2D eigenvalue weighted by Crippen LogP contribution is -2.15. The molecule has 1 N–H and O–H groups in total. The minimum atomic E-state index is -0.309. The Morgan fingerprint density at radius 1 is 1.24 bits per heavy atom. The van der Waals surface area contributed by atoms with Crippen LogP contribution in [0.2, 0.25) is 5.02 Å². The normalized spacial score (nSPS) is 11.7. The van der Waals surface area contributed by atoms with E-state index >= 15 is 0 Å². The van der Waals surface area contributed by atoms with Crippen LogP contribution in [-0.4, -0.2) is 26.4 Å². The number of hydrogen-bond acceptors (Lipinski definition) is 5. The molecule has 3 rings (SSSR count). The Balaban J connectivity index is 1.67. The zero-order valence-electron chi connectivity index (χ0n) is 15.9. The summed E-state index contributed by atoms with van der Waals surface area (Å²) >= 11 is 7.38. The van der Waals surface area contributed by atoms with E-state index in [0.29, 0.717) is 28.2 Å². The maximum Gasteiger partial charge on any atom is 0.234 e. The molecule has 0 saturated carbocycles. The van der Waals surface area contributed by atoms with Crippen molar-refractivity contribution in [1.29, 1.82) is 0 Å². The van der Waals surface area contributed by atoms with Crippen molar-refractivity contribution in [1.82, 2.24) is 14.8 Å². The number of halogens is 1. The molecule has 6 nitrogen and oxygen atoms in total. The van der Waals surface area contributed by atoms with Gasteiger partial charge in [-0.1, -0.05) is 59.8 Å². The zero-order valence-corrected chi connectivity index (χ0v) is 17.5. The van der Waals surface area contributed by atoms with Gasteiger partial charge < -0.3 is 10.1 Å². The van der Waals surface area contributed by atoms with Crippen LogP contribution in [0.1, 0.15) is 18.9 Å². The van der Waals surface area contributed by atoms with Crippen molar-refractivity contribution in [2.24, 2.45) is 0 Å². The number of amides is 1. The van der Waals surface area contributed by atoms with Gasteiger partial charge in [0.15, 0.2) is 17.1 Å². The highest BCUT2D eigenvalue weighted by molar-refractivity contribution is 7.99. The number of carbonyl (C=O) groups excluding carboxylic acids is 1. The third-order valence-corrected chi connectivity index (χ3v) is 5.25. The SMILES string of the molecule is C=CCn1c(SCC(=O)Nc2ccccc2Cl)nnc1[C@@H](C)Oc1ccccc1. The number of rotatable bonds is 9. The van der Waals surface area contributed by atoms with Gasteiger partial charge in [-0.25, -0.2) is 0 Å². The van der Waals surface area contributed by atoms with E-state index in [2.05, 4.69) is 22.1 Å². The van der Waals surface area contributed by atoms with Crippen LogP contribution >= 0.6 is 23.4 Å². The number of thioether (sulfide) groups is 1. The van der Waals surface area contributed by atoms with E-state index in [4.69, 9.17) is 16.3 Å². The quantitative estimate of drug-likeness (QED) is 0.384. The number of nitrogens with one attached hydrogen (secondary N) is 1. The van der Waals surface area contributed by atoms with Gasteiger partial charge in [-0.05, 0) is 31.2 Å². The molecule has 1 atom stereocenters. The number of benzene rings is 2. The second-order valence-electron chi connectivity index (χ2n) is 6.13. The average molecular weight is 429 g/mol. The molecule has 0 fully saturated rings. The average Bonchev–Trinajstić information content (AvgIpc) is 3.12. The van der Waals surface area contributed by atoms with Gasteiger partial charge in [-0.2, -0.15) is 0 Å². The molecule has 0 saturated heterocycles. The van der Waals surface area contributed by atoms with Gasteiger partial charge in [-0.15, -0.1) is 16.8 Å². The maximum absolute atomic E-state index is 12.3. The standard InChI is InChI=1S/C21H21ClN4O2S/c1-3-13-26-20(15(2)28-16-9-5-4-6-10-16)24-25-21(26)29-14-19(27)23-18-12-8-7-11-17(18)22/h3-12,15H,1,13-14H2,2H3,(H,23,27)/t15-/m1/s1. The summed E-state index contributed by atoms with van der Waals surface area (Å²) in [4.78, 5) is 12.3. The van der Waals surface area contributed by atoms with Gasteiger partial charge >= 0.3 is 0 Å². The molecule has 0 aliphatic heterocycles. The monoisotopic (exact) mass is 428 g/mol. The Kier molecular flexibility index (Phi) is 7.32. The summed E-state index contributed by atoms with van der Waals surface area (Å²) in [6.45, 7) is 6.23. The molecule has 1 amide bonds. The van der Waals surface area contributed by atoms with Crippen LogP contribution in [0.25, 0.3) is 0 Å². The summed E-state index contributed by atoms with van der Waals surface area (Å²) in [7, 11) is 0. The van der Waals surface area contributed by atoms with Gasteiger partial charge in [0.25, 0.3) is 0 Å². The maximum atomic E-state index is 12.3. The fraction of sp³-hybridized carbons (Fsp3) is 0.190. The molecule has 0 spiro atoms. The number of allylic oxidation sites excluding steroid dienone is 1. The Morgan fingerprint density at radius 3 is 2.69 bits per heavy atom. The van der Waals surface area contributed by atoms with Crippen LogP contribution in [0, 0.1) is 0 Å². The number of hydrogen-bond donors (Lipinski definition) is 1. The van der Waals surface area contributed by atoms with Gasteiger partial charge in [-0.3, -0.25) is 9.36 Å². The van der Waals surface area contributed by atoms with Crippen LogP contribution in [0.5, 0.6) is 5.75 Å². The smallest absolute Gasteiger partial charge is 0.234 e. The third-order valence-electron chi connectivity index (χ3n) is 3.96. The molecule has 0 bridgehead atoms. The lowest BCUT2D eigenvalue weighted by Gasteiger charge is -2.15. The van der Waals surface area contributed by atoms with Crippen LogP contribution in [0.3, 0.4) is 0 Å². The predicted molar refractivity (Wildman–Crippen MR) is 117 cm³/mol. The highest BCUT2D eigenvalue weighted by Crippen LogP contribution is 2.25. The summed E-state index contributed by atoms with van der Waals surface area (Å²) < 4.78 is 7.85. The molecular formula is C21H21ClN4O2S. The minimum Gasteiger partial charge on any atom is -0.483 e. The Morgan fingerprint density at radius 2 is 1.97 bits per heavy atom. The lowest BCUT2D eigenvalue weighted by atomic mass is 10.3. The summed E-state index contributed by atoms with van der Waals surface area (Å²) in [5.74, 6) is 1.42. The number of nitrogens with zero attached hydrogens (tertiary/aromatic N) is 3. The van der Waals surface area contributed by atoms with E-state index in [0.717, 1.165) is 5.75 Å². The number of ether oxygens (including phenoxy) is 1. The van der Waals surface area contributed by atoms with Crippen molar-refractivity contribution in [3.63, 3.8) is 0 Å². The highest BCUT2D eigenvalue weighted by Gasteiger charge is 2.20. The summed E-state index contributed by atoms with van der Waals surface area (Å²) in [6.07, 6.45) is 1.45. The molecule has 8 heteroatoms. The topological polar surface area (TPSA) is 69.0 Å². The molecule has 150 valence electrons. The van der Waals surface area contributed by atoms with E-state index in [1.165, 1.54) is 11.8 Å². The third kappa shape index (κ3) is 5.62. The van der Waals surface area contributed by atoms with Crippen molar-refractivity contribution in [3.05, 3.63) is 78.1 Å². The zero-order chi connectivity index (χ0) is 20.6. The molecule has 3 aromatic rings. The molecule has 1 aromatic heterocycles. The Hall–Kier alpha value is -2.77. The Labute approximate surface area is 178 Å². The van der Waals surface area contributed by atoms with Gasteiger partial charge in [0.2, 0.25) is 5.91 Å². The molecule has 1 heterocycles. The first-order valence-corrected chi connectivity index (χ1v) is 10.4. The van der Waals surface area contributed by atoms with Crippen molar-refractivity contribution in [2.45, 2.75) is 24.7 Å². The minimum absolute atomic E-state index is 0.175. The lowest BCUT2D eigenvalue weighted by molar-refractivity contribution is -0.113. The first kappa shape index (κ1) is 21.0. The molecule has 0 aliphatic rings. The van der Waals surface area contributed by atoms with E-state index < -0.39 is 0 Å². The van der Waals surface area contributed by atoms with Crippen LogP contribution in [0.4, 0.5) is 5.69 Å². The second kappa shape index (κ2) is 10.1. The number of para-hydroxylation sites is 2. The molecule has 29 heavy (non-hydrogen) atoms. The number of anilines is 1. The predicted octanol–water partition coefficient (Wildman–Crippen LogP) is 4.99.